The fraction of sp³-hybridized carbons (Fsp3) is 0.400. The molecule has 5 N–H and O–H groups in total. The van der Waals surface area contributed by atoms with Gasteiger partial charge in [0.1, 0.15) is 22.8 Å². The van der Waals surface area contributed by atoms with Crippen molar-refractivity contribution in [3.8, 4) is 5.75 Å². The van der Waals surface area contributed by atoms with E-state index in [1.807, 2.05) is 50.7 Å². The molecule has 0 unspecified atom stereocenters. The van der Waals surface area contributed by atoms with Crippen LogP contribution in [0.5, 0.6) is 5.75 Å². The van der Waals surface area contributed by atoms with E-state index >= 15 is 0 Å². The molecule has 21 heteroatoms. The highest BCUT2D eigenvalue weighted by Gasteiger charge is 2.25. The third kappa shape index (κ3) is 10.3. The molecule has 0 atom stereocenters. The summed E-state index contributed by atoms with van der Waals surface area (Å²) in [7, 11) is 1.38. The number of fused-ring (bicyclic) bond motifs is 2. The van der Waals surface area contributed by atoms with Crippen molar-refractivity contribution in [2.45, 2.75) is 71.5 Å². The Morgan fingerprint density at radius 2 is 1.56 bits per heavy atom. The number of ketones is 1. The molecule has 19 nitrogen and oxygen atoms in total. The highest BCUT2D eigenvalue weighted by molar-refractivity contribution is 7.98. The van der Waals surface area contributed by atoms with Crippen molar-refractivity contribution in [2.75, 3.05) is 58.0 Å². The number of benzene rings is 2. The number of thiazole rings is 1. The first-order valence-electron chi connectivity index (χ1n) is 21.6. The zero-order chi connectivity index (χ0) is 47.2. The smallest absolute Gasteiger partial charge is 0.409 e. The quantitative estimate of drug-likeness (QED) is 0.0408. The third-order valence-corrected chi connectivity index (χ3v) is 13.1. The molecule has 0 saturated carbocycles. The molecule has 348 valence electrons. The summed E-state index contributed by atoms with van der Waals surface area (Å²) < 4.78 is 16.7. The minimum absolute atomic E-state index is 0.000371. The van der Waals surface area contributed by atoms with Gasteiger partial charge in [-0.15, -0.1) is 23.1 Å². The summed E-state index contributed by atoms with van der Waals surface area (Å²) >= 11 is 2.81. The second-order valence-corrected chi connectivity index (χ2v) is 17.7. The van der Waals surface area contributed by atoms with Crippen LogP contribution in [-0.2, 0) is 37.2 Å². The van der Waals surface area contributed by atoms with Gasteiger partial charge in [-0.1, -0.05) is 19.1 Å². The lowest BCUT2D eigenvalue weighted by molar-refractivity contribution is 0.0891. The van der Waals surface area contributed by atoms with Crippen LogP contribution in [0.15, 0.2) is 47.4 Å². The number of nitrogens with zero attached hydrogens (tertiary/aromatic N) is 9. The molecule has 0 spiro atoms. The molecule has 1 fully saturated rings. The number of piperazine rings is 1. The number of carbonyl (C=O) groups excluding carboxylic acids is 5. The Morgan fingerprint density at radius 3 is 2.21 bits per heavy atom. The number of ether oxygens (including phenoxy) is 2. The van der Waals surface area contributed by atoms with E-state index in [0.29, 0.717) is 102 Å². The van der Waals surface area contributed by atoms with Crippen molar-refractivity contribution >= 4 is 80.7 Å². The number of allylic oxidation sites excluding steroid dienone is 2. The number of methoxy groups -OCH3 is 1. The minimum atomic E-state index is -0.668. The molecule has 1 aliphatic heterocycles. The number of carbonyl (C=O) groups is 5. The van der Waals surface area contributed by atoms with Crippen molar-refractivity contribution in [3.05, 3.63) is 86.4 Å². The van der Waals surface area contributed by atoms with Crippen LogP contribution >= 0.6 is 23.1 Å². The molecule has 4 amide bonds. The fourth-order valence-corrected chi connectivity index (χ4v) is 9.66. The molecule has 7 rings (SSSR count). The number of imidazole rings is 2. The lowest BCUT2D eigenvalue weighted by Gasteiger charge is -2.33. The summed E-state index contributed by atoms with van der Waals surface area (Å²) in [6.45, 7) is 12.0. The van der Waals surface area contributed by atoms with Gasteiger partial charge >= 0.3 is 6.09 Å². The normalized spacial score (nSPS) is 13.3. The molecule has 1 saturated heterocycles. The van der Waals surface area contributed by atoms with Gasteiger partial charge in [-0.25, -0.2) is 19.7 Å². The predicted octanol–water partition coefficient (Wildman–Crippen LogP) is 5.24. The number of Topliss-reactive ketones (excluding diaryl/α,β-unsaturated/α-hetero) is 1. The average molecular weight is 939 g/mol. The number of amides is 4. The molecule has 4 aromatic heterocycles. The Balaban J connectivity index is 1.22. The van der Waals surface area contributed by atoms with Gasteiger partial charge in [-0.05, 0) is 70.2 Å². The first-order valence-corrected chi connectivity index (χ1v) is 23.7. The summed E-state index contributed by atoms with van der Waals surface area (Å²) in [5.41, 5.74) is 16.0. The number of nitrogens with two attached hydrogens (primary N) is 2. The number of primary amides is 2. The van der Waals surface area contributed by atoms with Crippen LogP contribution in [0.3, 0.4) is 0 Å². The van der Waals surface area contributed by atoms with Gasteiger partial charge in [0.25, 0.3) is 5.91 Å². The lowest BCUT2D eigenvalue weighted by Crippen LogP contribution is -2.48. The maximum absolute atomic E-state index is 13.9. The second-order valence-electron chi connectivity index (χ2n) is 15.7. The summed E-state index contributed by atoms with van der Waals surface area (Å²) in [5, 5.41) is 8.23. The van der Waals surface area contributed by atoms with Crippen molar-refractivity contribution < 1.29 is 33.4 Å². The average Bonchev–Trinajstić information content (AvgIpc) is 4.07. The summed E-state index contributed by atoms with van der Waals surface area (Å²) in [6, 6.07) is 8.23. The molecule has 5 heterocycles. The third-order valence-electron chi connectivity index (χ3n) is 11.3. The maximum atomic E-state index is 13.9. The Morgan fingerprint density at radius 1 is 0.879 bits per heavy atom. The van der Waals surface area contributed by atoms with E-state index in [4.69, 9.17) is 30.9 Å². The molecule has 1 aliphatic rings. The molecule has 6 aromatic rings. The van der Waals surface area contributed by atoms with Crippen molar-refractivity contribution in [1.82, 2.24) is 43.7 Å². The van der Waals surface area contributed by atoms with Crippen LogP contribution < -0.4 is 21.5 Å². The molecular weight excluding hydrogens is 885 g/mol. The van der Waals surface area contributed by atoms with E-state index in [0.717, 1.165) is 21.1 Å². The largest absolute Gasteiger partial charge is 0.491 e. The van der Waals surface area contributed by atoms with Gasteiger partial charge in [0, 0.05) is 68.4 Å². The van der Waals surface area contributed by atoms with E-state index in [2.05, 4.69) is 20.3 Å². The van der Waals surface area contributed by atoms with E-state index in [1.165, 1.54) is 30.2 Å². The number of aromatic nitrogens is 7. The first kappa shape index (κ1) is 47.4. The van der Waals surface area contributed by atoms with Crippen LogP contribution in [0.25, 0.3) is 22.1 Å². The topological polar surface area (TPSA) is 241 Å². The van der Waals surface area contributed by atoms with E-state index < -0.39 is 17.7 Å². The van der Waals surface area contributed by atoms with Crippen LogP contribution in [-0.4, -0.2) is 126 Å². The molecule has 0 radical (unpaired) electrons. The van der Waals surface area contributed by atoms with Crippen LogP contribution in [0.4, 0.5) is 10.7 Å². The van der Waals surface area contributed by atoms with Crippen LogP contribution in [0, 0.1) is 13.8 Å². The second kappa shape index (κ2) is 20.7. The molecule has 0 aliphatic carbocycles. The number of rotatable bonds is 19. The lowest BCUT2D eigenvalue weighted by atomic mass is 10.1. The van der Waals surface area contributed by atoms with Crippen LogP contribution in [0.1, 0.15) is 83.4 Å². The Kier molecular flexibility index (Phi) is 14.9. The number of aryl methyl sites for hydroxylation is 4. The van der Waals surface area contributed by atoms with Crippen molar-refractivity contribution in [3.63, 3.8) is 0 Å². The summed E-state index contributed by atoms with van der Waals surface area (Å²) in [6.07, 6.45) is 6.66. The predicted molar refractivity (Wildman–Crippen MR) is 253 cm³/mol. The van der Waals surface area contributed by atoms with E-state index in [1.54, 1.807) is 44.5 Å². The monoisotopic (exact) mass is 938 g/mol. The van der Waals surface area contributed by atoms with Gasteiger partial charge in [0.15, 0.2) is 5.78 Å². The highest BCUT2D eigenvalue weighted by atomic mass is 32.2. The molecule has 2 aromatic carbocycles. The summed E-state index contributed by atoms with van der Waals surface area (Å²) in [5.74, 6) is -0.720. The summed E-state index contributed by atoms with van der Waals surface area (Å²) in [4.78, 5) is 84.2. The van der Waals surface area contributed by atoms with E-state index in [-0.39, 0.29) is 49.5 Å². The van der Waals surface area contributed by atoms with E-state index in [9.17, 15) is 24.0 Å². The van der Waals surface area contributed by atoms with Gasteiger partial charge in [0.2, 0.25) is 17.8 Å². The Labute approximate surface area is 389 Å². The van der Waals surface area contributed by atoms with Crippen LogP contribution in [0.2, 0.25) is 0 Å². The molecule has 66 heavy (non-hydrogen) atoms. The number of anilines is 1. The number of nitrogens with one attached hydrogen (secondary N) is 1. The molecular formula is C45H54N12O7S2. The highest BCUT2D eigenvalue weighted by Crippen LogP contribution is 2.33. The maximum Gasteiger partial charge on any atom is 0.409 e. The van der Waals surface area contributed by atoms with Gasteiger partial charge in [-0.3, -0.25) is 34.1 Å². The first-order chi connectivity index (χ1) is 31.7. The van der Waals surface area contributed by atoms with Gasteiger partial charge in [-0.2, -0.15) is 5.10 Å². The van der Waals surface area contributed by atoms with Crippen molar-refractivity contribution in [2.24, 2.45) is 11.5 Å². The minimum Gasteiger partial charge on any atom is -0.491 e. The standard InChI is InChI=1S/C45H54N12O7S2/c1-7-30-40(66-27(4)48-30)34(58)25-37-49-32-22-29(42(47)60)24-36(65-6)39(32)55(37)13-9-10-14-56-38-31(50-44(56)51-43(61)33-20-26(3)52-57(33)8-2)21-28(41(46)59)23-35(38)64-19-11-12-53-15-17-54(18-16-53)45(62)63-5/h9-10,20-24H,7-8,11-19,25H2,1-6H3,(H2,46,59)(H2,47,60)(H,50,51,61)/b10-9+. The number of thioether (sulfide) groups is 1. The van der Waals surface area contributed by atoms with Gasteiger partial charge < -0.3 is 35.0 Å². The van der Waals surface area contributed by atoms with Crippen molar-refractivity contribution in [1.29, 1.82) is 0 Å². The zero-order valence-electron chi connectivity index (χ0n) is 37.9. The molecule has 0 bridgehead atoms. The Bertz CT molecular complexity index is 2850. The fourth-order valence-electron chi connectivity index (χ4n) is 8.06. The zero-order valence-corrected chi connectivity index (χ0v) is 39.5. The Hall–Kier alpha value is -6.58. The number of hydrogen-bond donors (Lipinski definition) is 3. The SMILES string of the molecule is CCc1nc(C)sc1C(=O)Cc1nc2cc(C(N)=O)cc(SC)c2n1C/C=C/Cn1c(NC(=O)c2cc(C)nn2CC)nc2cc(C(N)=O)cc(OCCCN3CCN(C(=O)OC)CC3)c21. The number of hydrogen-bond acceptors (Lipinski definition) is 14. The van der Waals surface area contributed by atoms with Gasteiger partial charge in [0.05, 0.1) is 58.0 Å².